The van der Waals surface area contributed by atoms with Gasteiger partial charge in [-0.15, -0.1) is 0 Å². The van der Waals surface area contributed by atoms with Crippen molar-refractivity contribution in [1.82, 2.24) is 9.55 Å². The maximum absolute atomic E-state index is 6.11. The van der Waals surface area contributed by atoms with Gasteiger partial charge in [0.2, 0.25) is 0 Å². The molecule has 2 aromatic heterocycles. The zero-order chi connectivity index (χ0) is 12.7. The molecule has 3 aromatic rings. The second kappa shape index (κ2) is 4.34. The molecular weight excluding hydrogens is 271 g/mol. The highest BCUT2D eigenvalue weighted by Gasteiger charge is 2.14. The molecule has 3 nitrogen and oxygen atoms in total. The number of nitrogens with zero attached hydrogens (tertiary/aromatic N) is 2. The lowest BCUT2D eigenvalue weighted by Gasteiger charge is -2.08. The van der Waals surface area contributed by atoms with E-state index in [1.54, 1.807) is 18.6 Å². The van der Waals surface area contributed by atoms with Gasteiger partial charge < -0.3 is 8.98 Å². The van der Waals surface area contributed by atoms with Crippen LogP contribution in [0, 0.1) is 0 Å². The smallest absolute Gasteiger partial charge is 0.153 e. The van der Waals surface area contributed by atoms with E-state index in [4.69, 9.17) is 27.6 Å². The van der Waals surface area contributed by atoms with Crippen molar-refractivity contribution in [3.8, 4) is 0 Å². The molecule has 0 aliphatic rings. The minimum atomic E-state index is 0.0646. The molecule has 0 radical (unpaired) electrons. The number of hydrogen-bond donors (Lipinski definition) is 0. The molecule has 18 heavy (non-hydrogen) atoms. The van der Waals surface area contributed by atoms with Gasteiger partial charge in [-0.3, -0.25) is 0 Å². The van der Waals surface area contributed by atoms with Crippen molar-refractivity contribution >= 4 is 34.2 Å². The normalized spacial score (nSPS) is 13.1. The number of fused-ring (bicyclic) bond motifs is 1. The third-order valence-electron chi connectivity index (χ3n) is 2.94. The molecule has 0 bridgehead atoms. The van der Waals surface area contributed by atoms with E-state index in [1.807, 2.05) is 29.8 Å². The first-order chi connectivity index (χ1) is 8.65. The van der Waals surface area contributed by atoms with Crippen molar-refractivity contribution in [3.05, 3.63) is 52.7 Å². The quantitative estimate of drug-likeness (QED) is 0.690. The molecule has 92 valence electrons. The second-order valence-electron chi connectivity index (χ2n) is 4.14. The van der Waals surface area contributed by atoms with E-state index < -0.39 is 0 Å². The Balaban J connectivity index is 2.11. The fourth-order valence-corrected chi connectivity index (χ4v) is 2.49. The molecule has 0 amide bonds. The predicted octanol–water partition coefficient (Wildman–Crippen LogP) is 4.55. The number of imidazole rings is 1. The Morgan fingerprint density at radius 3 is 2.83 bits per heavy atom. The number of hydrogen-bond acceptors (Lipinski definition) is 2. The van der Waals surface area contributed by atoms with Crippen LogP contribution in [-0.2, 0) is 0 Å². The van der Waals surface area contributed by atoms with Gasteiger partial charge in [0.15, 0.2) is 5.58 Å². The maximum atomic E-state index is 6.11. The van der Waals surface area contributed by atoms with E-state index in [1.165, 1.54) is 0 Å². The zero-order valence-corrected chi connectivity index (χ0v) is 11.1. The van der Waals surface area contributed by atoms with Gasteiger partial charge in [-0.1, -0.05) is 23.2 Å². The van der Waals surface area contributed by atoms with Crippen LogP contribution in [0.2, 0.25) is 10.0 Å². The maximum Gasteiger partial charge on any atom is 0.153 e. The van der Waals surface area contributed by atoms with Crippen molar-refractivity contribution in [1.29, 1.82) is 0 Å². The Morgan fingerprint density at radius 2 is 2.11 bits per heavy atom. The third kappa shape index (κ3) is 1.89. The van der Waals surface area contributed by atoms with Gasteiger partial charge in [-0.2, -0.15) is 0 Å². The monoisotopic (exact) mass is 280 g/mol. The summed E-state index contributed by atoms with van der Waals surface area (Å²) in [5, 5.41) is 2.05. The molecule has 2 heterocycles. The number of benzene rings is 1. The third-order valence-corrected chi connectivity index (χ3v) is 3.44. The Morgan fingerprint density at radius 1 is 1.28 bits per heavy atom. The molecule has 5 heteroatoms. The lowest BCUT2D eigenvalue weighted by atomic mass is 10.2. The van der Waals surface area contributed by atoms with Crippen molar-refractivity contribution in [2.24, 2.45) is 0 Å². The van der Waals surface area contributed by atoms with Gasteiger partial charge in [0.1, 0.15) is 5.76 Å². The van der Waals surface area contributed by atoms with Crippen LogP contribution < -0.4 is 0 Å². The highest BCUT2D eigenvalue weighted by Crippen LogP contribution is 2.33. The van der Waals surface area contributed by atoms with Gasteiger partial charge >= 0.3 is 0 Å². The Labute approximate surface area is 114 Å². The largest absolute Gasteiger partial charge is 0.457 e. The van der Waals surface area contributed by atoms with Gasteiger partial charge in [-0.05, 0) is 25.1 Å². The summed E-state index contributed by atoms with van der Waals surface area (Å²) in [6.07, 6.45) is 5.39. The molecule has 1 atom stereocenters. The average Bonchev–Trinajstić information content (AvgIpc) is 2.96. The average molecular weight is 281 g/mol. The van der Waals surface area contributed by atoms with Crippen molar-refractivity contribution < 1.29 is 4.42 Å². The van der Waals surface area contributed by atoms with Gasteiger partial charge in [0, 0.05) is 22.8 Å². The van der Waals surface area contributed by atoms with E-state index in [2.05, 4.69) is 4.98 Å². The van der Waals surface area contributed by atoms with Crippen molar-refractivity contribution in [3.63, 3.8) is 0 Å². The summed E-state index contributed by atoms with van der Waals surface area (Å²) in [7, 11) is 0. The van der Waals surface area contributed by atoms with Crippen LogP contribution in [-0.4, -0.2) is 9.55 Å². The van der Waals surface area contributed by atoms with E-state index >= 15 is 0 Å². The SMILES string of the molecule is C[C@@H](c1cc2cc(Cl)cc(Cl)c2o1)n1ccnc1. The van der Waals surface area contributed by atoms with Crippen LogP contribution in [0.5, 0.6) is 0 Å². The molecule has 0 saturated carbocycles. The van der Waals surface area contributed by atoms with Gasteiger partial charge in [0.25, 0.3) is 0 Å². The topological polar surface area (TPSA) is 31.0 Å². The number of furan rings is 1. The van der Waals surface area contributed by atoms with Crippen LogP contribution in [0.1, 0.15) is 18.7 Å². The first-order valence-electron chi connectivity index (χ1n) is 5.51. The van der Waals surface area contributed by atoms with Gasteiger partial charge in [-0.25, -0.2) is 4.98 Å². The molecule has 3 rings (SSSR count). The highest BCUT2D eigenvalue weighted by molar-refractivity contribution is 6.38. The van der Waals surface area contributed by atoms with Crippen LogP contribution in [0.4, 0.5) is 0 Å². The van der Waals surface area contributed by atoms with Gasteiger partial charge in [0.05, 0.1) is 17.4 Å². The van der Waals surface area contributed by atoms with Crippen molar-refractivity contribution in [2.45, 2.75) is 13.0 Å². The van der Waals surface area contributed by atoms with E-state index in [0.717, 1.165) is 11.1 Å². The fourth-order valence-electron chi connectivity index (χ4n) is 1.95. The lowest BCUT2D eigenvalue weighted by molar-refractivity contribution is 0.470. The summed E-state index contributed by atoms with van der Waals surface area (Å²) >= 11 is 12.1. The summed E-state index contributed by atoms with van der Waals surface area (Å²) in [6.45, 7) is 2.04. The summed E-state index contributed by atoms with van der Waals surface area (Å²) in [4.78, 5) is 4.03. The molecule has 0 spiro atoms. The number of halogens is 2. The highest BCUT2D eigenvalue weighted by atomic mass is 35.5. The fraction of sp³-hybridized carbons (Fsp3) is 0.154. The second-order valence-corrected chi connectivity index (χ2v) is 4.98. The zero-order valence-electron chi connectivity index (χ0n) is 9.60. The first-order valence-corrected chi connectivity index (χ1v) is 6.26. The molecule has 0 unspecified atom stereocenters. The summed E-state index contributed by atoms with van der Waals surface area (Å²) in [5.74, 6) is 0.826. The minimum absolute atomic E-state index is 0.0646. The van der Waals surface area contributed by atoms with E-state index in [0.29, 0.717) is 15.6 Å². The summed E-state index contributed by atoms with van der Waals surface area (Å²) in [5.41, 5.74) is 0.669. The van der Waals surface area contributed by atoms with Crippen LogP contribution in [0.3, 0.4) is 0 Å². The van der Waals surface area contributed by atoms with E-state index in [9.17, 15) is 0 Å². The summed E-state index contributed by atoms with van der Waals surface area (Å²) < 4.78 is 7.77. The van der Waals surface area contributed by atoms with Crippen LogP contribution in [0.15, 0.2) is 41.3 Å². The molecule has 0 aliphatic heterocycles. The number of rotatable bonds is 2. The summed E-state index contributed by atoms with van der Waals surface area (Å²) in [6, 6.07) is 5.55. The Hall–Kier alpha value is -1.45. The molecule has 1 aromatic carbocycles. The minimum Gasteiger partial charge on any atom is -0.457 e. The van der Waals surface area contributed by atoms with Crippen LogP contribution in [0.25, 0.3) is 11.0 Å². The van der Waals surface area contributed by atoms with Crippen LogP contribution >= 0.6 is 23.2 Å². The first kappa shape index (κ1) is 11.6. The standard InChI is InChI=1S/C13H10Cl2N2O/c1-8(17-3-2-16-7-17)12-5-9-4-10(14)6-11(15)13(9)18-12/h2-8H,1H3/t8-/m0/s1. The molecule has 0 saturated heterocycles. The molecule has 0 N–H and O–H groups in total. The van der Waals surface area contributed by atoms with Crippen molar-refractivity contribution in [2.75, 3.05) is 0 Å². The molecule has 0 fully saturated rings. The predicted molar refractivity (Wildman–Crippen MR) is 72.3 cm³/mol. The molecular formula is C13H10Cl2N2O. The number of aromatic nitrogens is 2. The Bertz CT molecular complexity index is 688. The lowest BCUT2D eigenvalue weighted by Crippen LogP contribution is -2.02. The molecule has 0 aliphatic carbocycles. The Kier molecular flexibility index (Phi) is 2.80. The van der Waals surface area contributed by atoms with E-state index in [-0.39, 0.29) is 6.04 Å².